The van der Waals surface area contributed by atoms with Crippen molar-refractivity contribution in [3.63, 3.8) is 0 Å². The van der Waals surface area contributed by atoms with Crippen molar-refractivity contribution >= 4 is 11.6 Å². The molecule has 96 valence electrons. The van der Waals surface area contributed by atoms with Crippen molar-refractivity contribution in [3.05, 3.63) is 52.3 Å². The fraction of sp³-hybridized carbons (Fsp3) is 0.357. The van der Waals surface area contributed by atoms with E-state index in [2.05, 4.69) is 17.2 Å². The smallest absolute Gasteiger partial charge is 0.130 e. The predicted molar refractivity (Wildman–Crippen MR) is 74.8 cm³/mol. The minimum atomic E-state index is 0.0628. The average molecular weight is 264 g/mol. The first-order valence-electron chi connectivity index (χ1n) is 6.05. The van der Waals surface area contributed by atoms with Gasteiger partial charge in [-0.05, 0) is 25.3 Å². The molecule has 1 aromatic carbocycles. The van der Waals surface area contributed by atoms with E-state index >= 15 is 0 Å². The van der Waals surface area contributed by atoms with E-state index in [9.17, 15) is 0 Å². The summed E-state index contributed by atoms with van der Waals surface area (Å²) in [6, 6.07) is 10.3. The molecule has 1 heterocycles. The summed E-state index contributed by atoms with van der Waals surface area (Å²) in [6.45, 7) is 1.97. The summed E-state index contributed by atoms with van der Waals surface area (Å²) < 4.78 is 1.70. The van der Waals surface area contributed by atoms with Gasteiger partial charge in [-0.3, -0.25) is 4.68 Å². The SMILES string of the molecule is Cc1nn(C)c(Cl)c1CC(N)Cc1ccccc1. The van der Waals surface area contributed by atoms with Crippen LogP contribution in [0.1, 0.15) is 16.8 Å². The summed E-state index contributed by atoms with van der Waals surface area (Å²) in [5.74, 6) is 0. The highest BCUT2D eigenvalue weighted by molar-refractivity contribution is 6.30. The summed E-state index contributed by atoms with van der Waals surface area (Å²) >= 11 is 6.21. The second kappa shape index (κ2) is 5.55. The Morgan fingerprint density at radius 2 is 1.94 bits per heavy atom. The molecule has 0 spiro atoms. The minimum Gasteiger partial charge on any atom is -0.327 e. The van der Waals surface area contributed by atoms with Crippen LogP contribution in [-0.2, 0) is 19.9 Å². The van der Waals surface area contributed by atoms with Crippen LogP contribution in [0, 0.1) is 6.92 Å². The minimum absolute atomic E-state index is 0.0628. The van der Waals surface area contributed by atoms with Gasteiger partial charge in [0.05, 0.1) is 5.69 Å². The molecule has 1 atom stereocenters. The van der Waals surface area contributed by atoms with Gasteiger partial charge in [-0.15, -0.1) is 0 Å². The second-order valence-corrected chi connectivity index (χ2v) is 4.99. The van der Waals surface area contributed by atoms with Crippen LogP contribution in [0.3, 0.4) is 0 Å². The maximum atomic E-state index is 6.21. The van der Waals surface area contributed by atoms with E-state index in [-0.39, 0.29) is 6.04 Å². The van der Waals surface area contributed by atoms with E-state index < -0.39 is 0 Å². The normalized spacial score (nSPS) is 12.7. The Morgan fingerprint density at radius 3 is 2.50 bits per heavy atom. The number of rotatable bonds is 4. The number of nitrogens with two attached hydrogens (primary N) is 1. The lowest BCUT2D eigenvalue weighted by Crippen LogP contribution is -2.25. The molecule has 3 nitrogen and oxygen atoms in total. The standard InChI is InChI=1S/C14H18ClN3/c1-10-13(14(15)18(2)17-10)9-12(16)8-11-6-4-3-5-7-11/h3-7,12H,8-9,16H2,1-2H3. The Hall–Kier alpha value is -1.32. The van der Waals surface area contributed by atoms with Crippen LogP contribution in [0.25, 0.3) is 0 Å². The Labute approximate surface area is 113 Å². The van der Waals surface area contributed by atoms with Crippen LogP contribution in [-0.4, -0.2) is 15.8 Å². The third-order valence-electron chi connectivity index (χ3n) is 3.08. The zero-order valence-corrected chi connectivity index (χ0v) is 11.5. The molecular weight excluding hydrogens is 246 g/mol. The molecule has 0 fully saturated rings. The molecule has 2 aromatic rings. The van der Waals surface area contributed by atoms with E-state index in [1.54, 1.807) is 4.68 Å². The van der Waals surface area contributed by atoms with Gasteiger partial charge in [0.2, 0.25) is 0 Å². The van der Waals surface area contributed by atoms with Crippen molar-refractivity contribution in [2.45, 2.75) is 25.8 Å². The Balaban J connectivity index is 2.05. The zero-order chi connectivity index (χ0) is 13.1. The second-order valence-electron chi connectivity index (χ2n) is 4.63. The number of halogens is 1. The quantitative estimate of drug-likeness (QED) is 0.921. The molecule has 4 heteroatoms. The van der Waals surface area contributed by atoms with Gasteiger partial charge < -0.3 is 5.73 Å². The number of nitrogens with zero attached hydrogens (tertiary/aromatic N) is 2. The molecule has 2 rings (SSSR count). The third-order valence-corrected chi connectivity index (χ3v) is 3.55. The highest BCUT2D eigenvalue weighted by Gasteiger charge is 2.14. The van der Waals surface area contributed by atoms with E-state index in [4.69, 9.17) is 17.3 Å². The Kier molecular flexibility index (Phi) is 4.04. The number of hydrogen-bond donors (Lipinski definition) is 1. The molecule has 0 amide bonds. The van der Waals surface area contributed by atoms with Crippen molar-refractivity contribution in [2.24, 2.45) is 12.8 Å². The lowest BCUT2D eigenvalue weighted by Gasteiger charge is -2.11. The van der Waals surface area contributed by atoms with E-state index in [0.717, 1.165) is 24.1 Å². The van der Waals surface area contributed by atoms with Gasteiger partial charge in [-0.25, -0.2) is 0 Å². The van der Waals surface area contributed by atoms with Crippen LogP contribution in [0.5, 0.6) is 0 Å². The molecule has 0 aliphatic rings. The predicted octanol–water partition coefficient (Wildman–Crippen LogP) is 2.49. The Morgan fingerprint density at radius 1 is 1.28 bits per heavy atom. The number of aromatic nitrogens is 2. The lowest BCUT2D eigenvalue weighted by atomic mass is 10.0. The van der Waals surface area contributed by atoms with E-state index in [1.165, 1.54) is 5.56 Å². The molecule has 1 aromatic heterocycles. The van der Waals surface area contributed by atoms with E-state index in [0.29, 0.717) is 5.15 Å². The monoisotopic (exact) mass is 263 g/mol. The first kappa shape index (κ1) is 13.1. The summed E-state index contributed by atoms with van der Waals surface area (Å²) in [4.78, 5) is 0. The third kappa shape index (κ3) is 2.92. The summed E-state index contributed by atoms with van der Waals surface area (Å²) in [5.41, 5.74) is 9.46. The first-order valence-corrected chi connectivity index (χ1v) is 6.43. The molecule has 0 aliphatic heterocycles. The molecule has 2 N–H and O–H groups in total. The topological polar surface area (TPSA) is 43.8 Å². The largest absolute Gasteiger partial charge is 0.327 e. The Bertz CT molecular complexity index is 519. The molecule has 0 aliphatic carbocycles. The number of hydrogen-bond acceptors (Lipinski definition) is 2. The zero-order valence-electron chi connectivity index (χ0n) is 10.7. The van der Waals surface area contributed by atoms with Crippen molar-refractivity contribution in [1.29, 1.82) is 0 Å². The molecule has 1 unspecified atom stereocenters. The molecule has 0 bridgehead atoms. The average Bonchev–Trinajstić information content (AvgIpc) is 2.57. The molecule has 0 radical (unpaired) electrons. The number of aryl methyl sites for hydroxylation is 2. The van der Waals surface area contributed by atoms with Crippen molar-refractivity contribution in [3.8, 4) is 0 Å². The van der Waals surface area contributed by atoms with Crippen molar-refractivity contribution < 1.29 is 0 Å². The summed E-state index contributed by atoms with van der Waals surface area (Å²) in [6.07, 6.45) is 1.61. The van der Waals surface area contributed by atoms with E-state index in [1.807, 2.05) is 32.2 Å². The van der Waals surface area contributed by atoms with Crippen LogP contribution < -0.4 is 5.73 Å². The van der Waals surface area contributed by atoms with Gasteiger partial charge in [0.1, 0.15) is 5.15 Å². The van der Waals surface area contributed by atoms with Gasteiger partial charge in [-0.2, -0.15) is 5.10 Å². The van der Waals surface area contributed by atoms with Gasteiger partial charge in [0.25, 0.3) is 0 Å². The first-order chi connectivity index (χ1) is 8.58. The summed E-state index contributed by atoms with van der Waals surface area (Å²) in [5, 5.41) is 4.99. The molecule has 0 saturated carbocycles. The maximum Gasteiger partial charge on any atom is 0.130 e. The van der Waals surface area contributed by atoms with Crippen LogP contribution in [0.4, 0.5) is 0 Å². The van der Waals surface area contributed by atoms with Gasteiger partial charge in [0, 0.05) is 18.7 Å². The van der Waals surface area contributed by atoms with Gasteiger partial charge in [-0.1, -0.05) is 41.9 Å². The number of benzene rings is 1. The highest BCUT2D eigenvalue weighted by atomic mass is 35.5. The lowest BCUT2D eigenvalue weighted by molar-refractivity contribution is 0.662. The highest BCUT2D eigenvalue weighted by Crippen LogP contribution is 2.20. The molecule has 18 heavy (non-hydrogen) atoms. The van der Waals surface area contributed by atoms with Crippen molar-refractivity contribution in [2.75, 3.05) is 0 Å². The van der Waals surface area contributed by atoms with Crippen LogP contribution >= 0.6 is 11.6 Å². The fourth-order valence-electron chi connectivity index (χ4n) is 2.16. The van der Waals surface area contributed by atoms with Crippen LogP contribution in [0.15, 0.2) is 30.3 Å². The maximum absolute atomic E-state index is 6.21. The fourth-order valence-corrected chi connectivity index (χ4v) is 2.41. The molecule has 0 saturated heterocycles. The molecular formula is C14H18ClN3. The van der Waals surface area contributed by atoms with Crippen molar-refractivity contribution in [1.82, 2.24) is 9.78 Å². The summed E-state index contributed by atoms with van der Waals surface area (Å²) in [7, 11) is 1.85. The van der Waals surface area contributed by atoms with Crippen LogP contribution in [0.2, 0.25) is 5.15 Å². The van der Waals surface area contributed by atoms with Gasteiger partial charge in [0.15, 0.2) is 0 Å². The van der Waals surface area contributed by atoms with Gasteiger partial charge >= 0.3 is 0 Å².